The van der Waals surface area contributed by atoms with Crippen LogP contribution < -0.4 is 0 Å². The second-order valence-corrected chi connectivity index (χ2v) is 2.75. The van der Waals surface area contributed by atoms with E-state index in [0.29, 0.717) is 5.92 Å². The molecule has 0 aliphatic rings. The Morgan fingerprint density at radius 1 is 1.55 bits per heavy atom. The highest BCUT2D eigenvalue weighted by molar-refractivity contribution is 4.86. The van der Waals surface area contributed by atoms with Crippen LogP contribution in [0.2, 0.25) is 0 Å². The zero-order valence-electron chi connectivity index (χ0n) is 8.06. The van der Waals surface area contributed by atoms with E-state index in [9.17, 15) is 0 Å². The SMILES string of the molecule is C#CC(C)C.C=CCCCC. The van der Waals surface area contributed by atoms with Crippen molar-refractivity contribution in [3.05, 3.63) is 12.7 Å². The number of hydrogen-bond acceptors (Lipinski definition) is 0. The predicted molar refractivity (Wildman–Crippen MR) is 53.4 cm³/mol. The number of terminal acetylenes is 1. The summed E-state index contributed by atoms with van der Waals surface area (Å²) in [6.07, 6.45) is 10.6. The van der Waals surface area contributed by atoms with Crippen molar-refractivity contribution in [2.75, 3.05) is 0 Å². The Hall–Kier alpha value is -0.700. The Labute approximate surface area is 71.7 Å². The second kappa shape index (κ2) is 12.0. The van der Waals surface area contributed by atoms with E-state index in [4.69, 9.17) is 6.42 Å². The zero-order chi connectivity index (χ0) is 9.11. The van der Waals surface area contributed by atoms with Gasteiger partial charge in [0, 0.05) is 5.92 Å². The summed E-state index contributed by atoms with van der Waals surface area (Å²) in [5.74, 6) is 2.94. The first-order chi connectivity index (χ1) is 5.18. The molecule has 64 valence electrons. The maximum Gasteiger partial charge on any atom is 0.0143 e. The minimum absolute atomic E-state index is 0.412. The largest absolute Gasteiger partial charge is 0.120 e. The highest BCUT2D eigenvalue weighted by Gasteiger charge is 1.74. The van der Waals surface area contributed by atoms with Crippen LogP contribution in [-0.4, -0.2) is 0 Å². The molecule has 0 aliphatic carbocycles. The van der Waals surface area contributed by atoms with Crippen molar-refractivity contribution in [3.8, 4) is 12.3 Å². The fourth-order valence-electron chi connectivity index (χ4n) is 0.348. The molecule has 0 N–H and O–H groups in total. The van der Waals surface area contributed by atoms with Crippen molar-refractivity contribution in [1.29, 1.82) is 0 Å². The van der Waals surface area contributed by atoms with Gasteiger partial charge in [-0.2, -0.15) is 0 Å². The molecule has 0 rings (SSSR count). The van der Waals surface area contributed by atoms with Gasteiger partial charge in [0.2, 0.25) is 0 Å². The van der Waals surface area contributed by atoms with Crippen molar-refractivity contribution in [2.45, 2.75) is 40.0 Å². The summed E-state index contributed by atoms with van der Waals surface area (Å²) in [5, 5.41) is 0. The van der Waals surface area contributed by atoms with Crippen molar-refractivity contribution in [2.24, 2.45) is 5.92 Å². The van der Waals surface area contributed by atoms with E-state index < -0.39 is 0 Å². The number of allylic oxidation sites excluding steroid dienone is 1. The third kappa shape index (κ3) is 26.8. The molecular weight excluding hydrogens is 132 g/mol. The van der Waals surface area contributed by atoms with E-state index in [2.05, 4.69) is 19.4 Å². The molecule has 0 heterocycles. The lowest BCUT2D eigenvalue weighted by Crippen LogP contribution is -1.72. The summed E-state index contributed by atoms with van der Waals surface area (Å²) in [6.45, 7) is 9.75. The van der Waals surface area contributed by atoms with Crippen LogP contribution in [0, 0.1) is 18.3 Å². The van der Waals surface area contributed by atoms with Gasteiger partial charge in [0.1, 0.15) is 0 Å². The Morgan fingerprint density at radius 3 is 2.09 bits per heavy atom. The molecule has 0 bridgehead atoms. The smallest absolute Gasteiger partial charge is 0.0143 e. The minimum Gasteiger partial charge on any atom is -0.120 e. The van der Waals surface area contributed by atoms with Crippen LogP contribution in [0.5, 0.6) is 0 Å². The standard InChI is InChI=1S/C6H12.C5H8/c1-3-5-6-4-2;1-4-5(2)3/h3H,1,4-6H2,2H3;1,5H,2-3H3. The molecule has 0 aromatic rings. The molecule has 0 unspecified atom stereocenters. The van der Waals surface area contributed by atoms with Crippen LogP contribution in [-0.2, 0) is 0 Å². The van der Waals surface area contributed by atoms with Crippen LogP contribution in [0.4, 0.5) is 0 Å². The third-order valence-corrected chi connectivity index (χ3v) is 1.10. The van der Waals surface area contributed by atoms with Gasteiger partial charge < -0.3 is 0 Å². The Morgan fingerprint density at radius 2 is 2.00 bits per heavy atom. The van der Waals surface area contributed by atoms with Crippen LogP contribution >= 0.6 is 0 Å². The summed E-state index contributed by atoms with van der Waals surface area (Å²) in [5.41, 5.74) is 0. The molecule has 0 aliphatic heterocycles. The molecule has 0 nitrogen and oxygen atoms in total. The zero-order valence-corrected chi connectivity index (χ0v) is 8.06. The van der Waals surface area contributed by atoms with Crippen LogP contribution in [0.3, 0.4) is 0 Å². The molecule has 0 fully saturated rings. The van der Waals surface area contributed by atoms with E-state index >= 15 is 0 Å². The van der Waals surface area contributed by atoms with E-state index in [0.717, 1.165) is 0 Å². The second-order valence-electron chi connectivity index (χ2n) is 2.75. The van der Waals surface area contributed by atoms with E-state index in [1.54, 1.807) is 0 Å². The van der Waals surface area contributed by atoms with Gasteiger partial charge in [-0.25, -0.2) is 0 Å². The third-order valence-electron chi connectivity index (χ3n) is 1.10. The lowest BCUT2D eigenvalue weighted by atomic mass is 10.2. The molecule has 0 amide bonds. The molecule has 0 aromatic heterocycles. The average molecular weight is 152 g/mol. The van der Waals surface area contributed by atoms with Gasteiger partial charge in [-0.15, -0.1) is 18.9 Å². The fourth-order valence-corrected chi connectivity index (χ4v) is 0.348. The van der Waals surface area contributed by atoms with E-state index in [1.807, 2.05) is 19.9 Å². The molecule has 0 heteroatoms. The van der Waals surface area contributed by atoms with Crippen molar-refractivity contribution >= 4 is 0 Å². The van der Waals surface area contributed by atoms with Gasteiger partial charge in [0.05, 0.1) is 0 Å². The Balaban J connectivity index is 0. The molecule has 0 radical (unpaired) electrons. The summed E-state index contributed by atoms with van der Waals surface area (Å²) in [6, 6.07) is 0. The summed E-state index contributed by atoms with van der Waals surface area (Å²) >= 11 is 0. The highest BCUT2D eigenvalue weighted by atomic mass is 13.8. The topological polar surface area (TPSA) is 0 Å². The number of hydrogen-bond donors (Lipinski definition) is 0. The van der Waals surface area contributed by atoms with Crippen molar-refractivity contribution in [3.63, 3.8) is 0 Å². The van der Waals surface area contributed by atoms with Crippen LogP contribution in [0.25, 0.3) is 0 Å². The summed E-state index contributed by atoms with van der Waals surface area (Å²) in [4.78, 5) is 0. The molecule has 0 saturated carbocycles. The van der Waals surface area contributed by atoms with Gasteiger partial charge >= 0.3 is 0 Å². The normalized spacial score (nSPS) is 7.91. The first-order valence-corrected chi connectivity index (χ1v) is 4.26. The predicted octanol–water partition coefficient (Wildman–Crippen LogP) is 3.64. The number of unbranched alkanes of at least 4 members (excludes halogenated alkanes) is 2. The Bertz CT molecular complexity index is 104. The maximum atomic E-state index is 4.92. The molecular formula is C11H20. The molecule has 11 heavy (non-hydrogen) atoms. The van der Waals surface area contributed by atoms with Gasteiger partial charge in [-0.05, 0) is 6.42 Å². The van der Waals surface area contributed by atoms with Crippen LogP contribution in [0.15, 0.2) is 12.7 Å². The lowest BCUT2D eigenvalue weighted by molar-refractivity contribution is 0.816. The van der Waals surface area contributed by atoms with Gasteiger partial charge in [-0.3, -0.25) is 0 Å². The average Bonchev–Trinajstić information content (AvgIpc) is 2.02. The molecule has 0 spiro atoms. The number of rotatable bonds is 3. The maximum absolute atomic E-state index is 4.92. The van der Waals surface area contributed by atoms with Crippen molar-refractivity contribution in [1.82, 2.24) is 0 Å². The molecule has 0 saturated heterocycles. The Kier molecular flexibility index (Phi) is 14.1. The van der Waals surface area contributed by atoms with E-state index in [-0.39, 0.29) is 0 Å². The molecule has 0 atom stereocenters. The van der Waals surface area contributed by atoms with Gasteiger partial charge in [0.15, 0.2) is 0 Å². The van der Waals surface area contributed by atoms with Gasteiger partial charge in [0.25, 0.3) is 0 Å². The first-order valence-electron chi connectivity index (χ1n) is 4.26. The minimum atomic E-state index is 0.412. The van der Waals surface area contributed by atoms with Crippen LogP contribution in [0.1, 0.15) is 40.0 Å². The monoisotopic (exact) mass is 152 g/mol. The summed E-state index contributed by atoms with van der Waals surface area (Å²) in [7, 11) is 0. The first kappa shape index (κ1) is 12.9. The summed E-state index contributed by atoms with van der Waals surface area (Å²) < 4.78 is 0. The quantitative estimate of drug-likeness (QED) is 0.329. The van der Waals surface area contributed by atoms with E-state index in [1.165, 1.54) is 19.3 Å². The van der Waals surface area contributed by atoms with Gasteiger partial charge in [-0.1, -0.05) is 39.7 Å². The fraction of sp³-hybridized carbons (Fsp3) is 0.636. The van der Waals surface area contributed by atoms with Crippen molar-refractivity contribution < 1.29 is 0 Å². The lowest BCUT2D eigenvalue weighted by Gasteiger charge is -1.81. The highest BCUT2D eigenvalue weighted by Crippen LogP contribution is 1.91. The molecule has 0 aromatic carbocycles.